The van der Waals surface area contributed by atoms with Crippen LogP contribution in [0.15, 0.2) is 0 Å². The average Bonchev–Trinajstić information content (AvgIpc) is 2.42. The molecule has 1 rings (SSSR count). The van der Waals surface area contributed by atoms with Gasteiger partial charge in [-0.15, -0.1) is 0 Å². The van der Waals surface area contributed by atoms with E-state index in [-0.39, 0.29) is 30.6 Å². The van der Waals surface area contributed by atoms with Gasteiger partial charge >= 0.3 is 5.97 Å². The van der Waals surface area contributed by atoms with Crippen molar-refractivity contribution in [1.29, 1.82) is 0 Å². The summed E-state index contributed by atoms with van der Waals surface area (Å²) in [5.41, 5.74) is 10.7. The molecule has 0 aromatic rings. The summed E-state index contributed by atoms with van der Waals surface area (Å²) in [6.45, 7) is 0.428. The van der Waals surface area contributed by atoms with Gasteiger partial charge in [0.05, 0.1) is 0 Å². The summed E-state index contributed by atoms with van der Waals surface area (Å²) in [7, 11) is 0. The van der Waals surface area contributed by atoms with Crippen molar-refractivity contribution in [2.75, 3.05) is 6.54 Å². The van der Waals surface area contributed by atoms with Crippen LogP contribution in [0.2, 0.25) is 0 Å². The zero-order valence-corrected chi connectivity index (χ0v) is 11.5. The second-order valence-electron chi connectivity index (χ2n) is 5.29. The fraction of sp³-hybridized carbons (Fsp3) is 0.769. The molecule has 0 aromatic carbocycles. The Labute approximate surface area is 118 Å². The molecule has 0 heterocycles. The topological polar surface area (TPSA) is 136 Å². The Morgan fingerprint density at radius 2 is 1.90 bits per heavy atom. The normalized spacial score (nSPS) is 23.9. The predicted molar refractivity (Wildman–Crippen MR) is 72.5 cm³/mol. The molecule has 0 bridgehead atoms. The average molecular weight is 285 g/mol. The molecule has 0 aromatic heterocycles. The van der Waals surface area contributed by atoms with Crippen LogP contribution < -0.4 is 16.8 Å². The fourth-order valence-corrected chi connectivity index (χ4v) is 2.66. The Bertz CT molecular complexity index is 373. The first-order valence-corrected chi connectivity index (χ1v) is 6.97. The largest absolute Gasteiger partial charge is 0.480 e. The van der Waals surface area contributed by atoms with E-state index in [1.54, 1.807) is 0 Å². The number of nitrogens with two attached hydrogens (primary N) is 2. The summed E-state index contributed by atoms with van der Waals surface area (Å²) in [5, 5.41) is 11.6. The Morgan fingerprint density at radius 1 is 1.25 bits per heavy atom. The van der Waals surface area contributed by atoms with E-state index >= 15 is 0 Å². The lowest BCUT2D eigenvalue weighted by Crippen LogP contribution is -2.47. The van der Waals surface area contributed by atoms with Gasteiger partial charge in [0.1, 0.15) is 6.04 Å². The Morgan fingerprint density at radius 3 is 2.45 bits per heavy atom. The number of nitrogens with one attached hydrogen (secondary N) is 1. The van der Waals surface area contributed by atoms with Crippen LogP contribution in [-0.4, -0.2) is 35.5 Å². The number of carbonyl (C=O) groups excluding carboxylic acids is 2. The van der Waals surface area contributed by atoms with E-state index in [0.29, 0.717) is 6.54 Å². The molecule has 2 amide bonds. The molecule has 1 fully saturated rings. The van der Waals surface area contributed by atoms with E-state index in [1.165, 1.54) is 0 Å². The van der Waals surface area contributed by atoms with Crippen molar-refractivity contribution in [2.45, 2.75) is 44.6 Å². The molecule has 7 nitrogen and oxygen atoms in total. The van der Waals surface area contributed by atoms with Gasteiger partial charge in [-0.25, -0.2) is 4.79 Å². The minimum Gasteiger partial charge on any atom is -0.480 e. The molecule has 6 N–H and O–H groups in total. The number of hydrogen-bond donors (Lipinski definition) is 4. The van der Waals surface area contributed by atoms with Crippen molar-refractivity contribution in [1.82, 2.24) is 5.32 Å². The van der Waals surface area contributed by atoms with Crippen LogP contribution in [-0.2, 0) is 14.4 Å². The molecule has 1 aliphatic rings. The lowest BCUT2D eigenvalue weighted by Gasteiger charge is -2.30. The zero-order valence-electron chi connectivity index (χ0n) is 11.5. The van der Waals surface area contributed by atoms with Gasteiger partial charge in [0, 0.05) is 12.3 Å². The van der Waals surface area contributed by atoms with Gasteiger partial charge in [-0.3, -0.25) is 9.59 Å². The van der Waals surface area contributed by atoms with E-state index in [4.69, 9.17) is 16.6 Å². The molecule has 20 heavy (non-hydrogen) atoms. The number of rotatable bonds is 7. The fourth-order valence-electron chi connectivity index (χ4n) is 2.66. The van der Waals surface area contributed by atoms with Crippen molar-refractivity contribution < 1.29 is 19.5 Å². The van der Waals surface area contributed by atoms with Gasteiger partial charge in [0.15, 0.2) is 0 Å². The monoisotopic (exact) mass is 285 g/mol. The van der Waals surface area contributed by atoms with Crippen LogP contribution in [0, 0.1) is 11.8 Å². The number of primary amides is 1. The first-order valence-electron chi connectivity index (χ1n) is 6.97. The molecule has 0 saturated heterocycles. The van der Waals surface area contributed by atoms with Crippen molar-refractivity contribution in [2.24, 2.45) is 23.3 Å². The van der Waals surface area contributed by atoms with Gasteiger partial charge < -0.3 is 21.9 Å². The van der Waals surface area contributed by atoms with E-state index in [2.05, 4.69) is 5.32 Å². The minimum absolute atomic E-state index is 0.0103. The highest BCUT2D eigenvalue weighted by atomic mass is 16.4. The van der Waals surface area contributed by atoms with E-state index < -0.39 is 17.9 Å². The highest BCUT2D eigenvalue weighted by Crippen LogP contribution is 2.29. The van der Waals surface area contributed by atoms with Gasteiger partial charge in [-0.2, -0.15) is 0 Å². The lowest BCUT2D eigenvalue weighted by atomic mass is 9.78. The first-order chi connectivity index (χ1) is 9.45. The zero-order chi connectivity index (χ0) is 15.1. The van der Waals surface area contributed by atoms with Crippen molar-refractivity contribution in [3.05, 3.63) is 0 Å². The second kappa shape index (κ2) is 7.84. The summed E-state index contributed by atoms with van der Waals surface area (Å²) in [5.74, 6) is -2.14. The van der Waals surface area contributed by atoms with Crippen molar-refractivity contribution in [3.8, 4) is 0 Å². The predicted octanol–water partition coefficient (Wildman–Crippen LogP) is -0.414. The highest BCUT2D eigenvalue weighted by molar-refractivity contribution is 5.85. The summed E-state index contributed by atoms with van der Waals surface area (Å²) in [6.07, 6.45) is 3.57. The molecule has 7 heteroatoms. The minimum atomic E-state index is -1.15. The maximum atomic E-state index is 12.2. The maximum absolute atomic E-state index is 12.2. The maximum Gasteiger partial charge on any atom is 0.326 e. The van der Waals surface area contributed by atoms with E-state index in [1.807, 2.05) is 0 Å². The SMILES string of the molecule is NCC1CCCCC1C(=O)N[C@@H](CCC(N)=O)C(=O)O. The summed E-state index contributed by atoms with van der Waals surface area (Å²) in [4.78, 5) is 34.0. The van der Waals surface area contributed by atoms with Crippen LogP contribution in [0.1, 0.15) is 38.5 Å². The van der Waals surface area contributed by atoms with Crippen LogP contribution in [0.3, 0.4) is 0 Å². The molecule has 3 atom stereocenters. The van der Waals surface area contributed by atoms with Gasteiger partial charge in [-0.1, -0.05) is 12.8 Å². The molecule has 1 aliphatic carbocycles. The summed E-state index contributed by atoms with van der Waals surface area (Å²) >= 11 is 0. The molecule has 2 unspecified atom stereocenters. The van der Waals surface area contributed by atoms with Gasteiger partial charge in [-0.05, 0) is 31.7 Å². The standard InChI is InChI=1S/C13H23N3O4/c14-7-8-3-1-2-4-9(8)12(18)16-10(13(19)20)5-6-11(15)17/h8-10H,1-7,14H2,(H2,15,17)(H,16,18)(H,19,20)/t8?,9?,10-/m0/s1. The van der Waals surface area contributed by atoms with E-state index in [9.17, 15) is 14.4 Å². The first kappa shape index (κ1) is 16.4. The molecular formula is C13H23N3O4. The summed E-state index contributed by atoms with van der Waals surface area (Å²) in [6, 6.07) is -1.07. The van der Waals surface area contributed by atoms with Crippen molar-refractivity contribution in [3.63, 3.8) is 0 Å². The van der Waals surface area contributed by atoms with Crippen LogP contribution >= 0.6 is 0 Å². The quantitative estimate of drug-likeness (QED) is 0.504. The number of carboxylic acid groups (broad SMARTS) is 1. The number of carbonyl (C=O) groups is 3. The van der Waals surface area contributed by atoms with Crippen LogP contribution in [0.5, 0.6) is 0 Å². The Hall–Kier alpha value is -1.63. The van der Waals surface area contributed by atoms with Gasteiger partial charge in [0.25, 0.3) is 0 Å². The molecule has 0 radical (unpaired) electrons. The molecule has 0 spiro atoms. The Kier molecular flexibility index (Phi) is 6.44. The number of amides is 2. The number of hydrogen-bond acceptors (Lipinski definition) is 4. The molecule has 0 aliphatic heterocycles. The van der Waals surface area contributed by atoms with E-state index in [0.717, 1.165) is 25.7 Å². The number of carboxylic acids is 1. The lowest BCUT2D eigenvalue weighted by molar-refractivity contribution is -0.143. The van der Waals surface area contributed by atoms with Crippen molar-refractivity contribution >= 4 is 17.8 Å². The van der Waals surface area contributed by atoms with Crippen LogP contribution in [0.25, 0.3) is 0 Å². The second-order valence-corrected chi connectivity index (χ2v) is 5.29. The molecule has 1 saturated carbocycles. The number of aliphatic carboxylic acids is 1. The van der Waals surface area contributed by atoms with Gasteiger partial charge in [0.2, 0.25) is 11.8 Å². The highest BCUT2D eigenvalue weighted by Gasteiger charge is 2.32. The Balaban J connectivity index is 2.59. The third-order valence-corrected chi connectivity index (χ3v) is 3.84. The third-order valence-electron chi connectivity index (χ3n) is 3.84. The van der Waals surface area contributed by atoms with Crippen LogP contribution in [0.4, 0.5) is 0 Å². The third kappa shape index (κ3) is 4.80. The smallest absolute Gasteiger partial charge is 0.326 e. The summed E-state index contributed by atoms with van der Waals surface area (Å²) < 4.78 is 0. The molecular weight excluding hydrogens is 262 g/mol. The molecule has 114 valence electrons.